The molecule has 7 heteroatoms. The van der Waals surface area contributed by atoms with E-state index in [2.05, 4.69) is 11.9 Å². The van der Waals surface area contributed by atoms with Gasteiger partial charge >= 0.3 is 0 Å². The smallest absolute Gasteiger partial charge is 0.252 e. The Bertz CT molecular complexity index is 584. The molecule has 2 N–H and O–H groups in total. The second-order valence-corrected chi connectivity index (χ2v) is 8.76. The van der Waals surface area contributed by atoms with Crippen molar-refractivity contribution < 1.29 is 8.42 Å². The van der Waals surface area contributed by atoms with E-state index in [1.54, 1.807) is 10.4 Å². The molecule has 112 valence electrons. The maximum atomic E-state index is 12.7. The molecule has 0 radical (unpaired) electrons. The maximum Gasteiger partial charge on any atom is 0.252 e. The minimum atomic E-state index is -3.35. The van der Waals surface area contributed by atoms with Gasteiger partial charge in [0.2, 0.25) is 0 Å². The number of thiophene rings is 1. The third kappa shape index (κ3) is 2.42. The molecule has 20 heavy (non-hydrogen) atoms. The number of rotatable bonds is 3. The van der Waals surface area contributed by atoms with Crippen molar-refractivity contribution >= 4 is 21.4 Å². The summed E-state index contributed by atoms with van der Waals surface area (Å²) < 4.78 is 27.6. The highest BCUT2D eigenvalue weighted by Gasteiger charge is 2.38. The largest absolute Gasteiger partial charge is 0.326 e. The van der Waals surface area contributed by atoms with Crippen molar-refractivity contribution in [3.8, 4) is 0 Å². The quantitative estimate of drug-likeness (QED) is 0.906. The third-order valence-electron chi connectivity index (χ3n) is 4.57. The Labute approximate surface area is 124 Å². The van der Waals surface area contributed by atoms with Crippen LogP contribution in [-0.4, -0.2) is 49.8 Å². The summed E-state index contributed by atoms with van der Waals surface area (Å²) >= 11 is 1.28. The molecule has 1 aromatic rings. The number of sulfonamides is 1. The molecule has 0 spiro atoms. The molecule has 0 aromatic carbocycles. The van der Waals surface area contributed by atoms with E-state index < -0.39 is 10.0 Å². The lowest BCUT2D eigenvalue weighted by Crippen LogP contribution is -2.39. The lowest BCUT2D eigenvalue weighted by Gasteiger charge is -2.24. The van der Waals surface area contributed by atoms with E-state index in [1.165, 1.54) is 17.8 Å². The van der Waals surface area contributed by atoms with Gasteiger partial charge in [-0.15, -0.1) is 11.3 Å². The fourth-order valence-corrected chi connectivity index (χ4v) is 6.09. The molecule has 0 amide bonds. The van der Waals surface area contributed by atoms with Crippen molar-refractivity contribution in [3.63, 3.8) is 0 Å². The lowest BCUT2D eigenvalue weighted by atomic mass is 10.1. The normalized spacial score (nSPS) is 28.7. The van der Waals surface area contributed by atoms with Gasteiger partial charge in [-0.2, -0.15) is 4.31 Å². The summed E-state index contributed by atoms with van der Waals surface area (Å²) in [6, 6.07) is 2.63. The molecule has 2 fully saturated rings. The topological polar surface area (TPSA) is 66.6 Å². The Morgan fingerprint density at radius 1 is 1.35 bits per heavy atom. The molecule has 0 saturated carbocycles. The van der Waals surface area contributed by atoms with Crippen LogP contribution in [0, 0.1) is 0 Å². The van der Waals surface area contributed by atoms with Gasteiger partial charge in [0, 0.05) is 31.7 Å². The van der Waals surface area contributed by atoms with E-state index in [0.29, 0.717) is 35.9 Å². The van der Waals surface area contributed by atoms with Crippen LogP contribution in [0.5, 0.6) is 0 Å². The van der Waals surface area contributed by atoms with Gasteiger partial charge in [0.25, 0.3) is 10.0 Å². The highest BCUT2D eigenvalue weighted by molar-refractivity contribution is 7.91. The number of fused-ring (bicyclic) bond motifs is 2. The highest BCUT2D eigenvalue weighted by Crippen LogP contribution is 2.32. The Morgan fingerprint density at radius 2 is 2.10 bits per heavy atom. The summed E-state index contributed by atoms with van der Waals surface area (Å²) in [7, 11) is -1.23. The van der Waals surface area contributed by atoms with Gasteiger partial charge in [0.15, 0.2) is 0 Å². The monoisotopic (exact) mass is 315 g/mol. The van der Waals surface area contributed by atoms with Crippen LogP contribution in [0.25, 0.3) is 0 Å². The van der Waals surface area contributed by atoms with Gasteiger partial charge in [-0.05, 0) is 43.3 Å². The molecular weight excluding hydrogens is 294 g/mol. The van der Waals surface area contributed by atoms with E-state index in [-0.39, 0.29) is 0 Å². The van der Waals surface area contributed by atoms with E-state index in [1.807, 2.05) is 5.38 Å². The Morgan fingerprint density at radius 3 is 2.80 bits per heavy atom. The van der Waals surface area contributed by atoms with Gasteiger partial charge < -0.3 is 5.73 Å². The van der Waals surface area contributed by atoms with Gasteiger partial charge in [-0.3, -0.25) is 4.90 Å². The van der Waals surface area contributed by atoms with Crippen molar-refractivity contribution in [3.05, 3.63) is 17.0 Å². The molecule has 2 unspecified atom stereocenters. The van der Waals surface area contributed by atoms with Gasteiger partial charge in [-0.1, -0.05) is 0 Å². The number of likely N-dealkylation sites (N-methyl/N-ethyl adjacent to an activating group) is 1. The predicted octanol–water partition coefficient (Wildman–Crippen LogP) is 1.06. The van der Waals surface area contributed by atoms with E-state index in [4.69, 9.17) is 5.73 Å². The predicted molar refractivity (Wildman–Crippen MR) is 80.2 cm³/mol. The summed E-state index contributed by atoms with van der Waals surface area (Å²) in [5.41, 5.74) is 6.46. The van der Waals surface area contributed by atoms with Crippen LogP contribution in [0.4, 0.5) is 0 Å². The first-order valence-corrected chi connectivity index (χ1v) is 9.34. The summed E-state index contributed by atoms with van der Waals surface area (Å²) in [6.45, 7) is 1.63. The SMILES string of the molecule is CN1C2CCC1CN(S(=O)(=O)c1cc(CN)cs1)CC2. The number of nitrogens with zero attached hydrogens (tertiary/aromatic N) is 2. The van der Waals surface area contributed by atoms with Crippen LogP contribution in [0.15, 0.2) is 15.7 Å². The van der Waals surface area contributed by atoms with Crippen LogP contribution < -0.4 is 5.73 Å². The second-order valence-electron chi connectivity index (χ2n) is 5.68. The summed E-state index contributed by atoms with van der Waals surface area (Å²) in [4.78, 5) is 2.36. The standard InChI is InChI=1S/C13H21N3O2S2/c1-15-11-2-3-12(15)8-16(5-4-11)20(17,18)13-6-10(7-14)9-19-13/h6,9,11-12H,2-5,7-8,14H2,1H3. The number of hydrogen-bond donors (Lipinski definition) is 1. The van der Waals surface area contributed by atoms with Crippen molar-refractivity contribution in [1.29, 1.82) is 0 Å². The highest BCUT2D eigenvalue weighted by atomic mass is 32.2. The zero-order valence-corrected chi connectivity index (χ0v) is 13.3. The molecule has 2 saturated heterocycles. The van der Waals surface area contributed by atoms with Gasteiger partial charge in [0.05, 0.1) is 0 Å². The van der Waals surface area contributed by atoms with Crippen molar-refractivity contribution in [2.45, 2.75) is 42.1 Å². The molecule has 2 aliphatic rings. The molecule has 5 nitrogen and oxygen atoms in total. The molecule has 1 aromatic heterocycles. The Kier molecular flexibility index (Phi) is 3.89. The zero-order chi connectivity index (χ0) is 14.3. The van der Waals surface area contributed by atoms with Crippen molar-refractivity contribution in [2.24, 2.45) is 5.73 Å². The average Bonchev–Trinajstić information content (AvgIpc) is 2.95. The summed E-state index contributed by atoms with van der Waals surface area (Å²) in [6.07, 6.45) is 3.23. The fourth-order valence-electron chi connectivity index (χ4n) is 3.22. The van der Waals surface area contributed by atoms with E-state index >= 15 is 0 Å². The van der Waals surface area contributed by atoms with Crippen molar-refractivity contribution in [2.75, 3.05) is 20.1 Å². The Hall–Kier alpha value is -0.470. The molecule has 3 rings (SSSR count). The fraction of sp³-hybridized carbons (Fsp3) is 0.692. The summed E-state index contributed by atoms with van der Waals surface area (Å²) in [5.74, 6) is 0. The zero-order valence-electron chi connectivity index (χ0n) is 11.7. The van der Waals surface area contributed by atoms with Gasteiger partial charge in [0.1, 0.15) is 4.21 Å². The Balaban J connectivity index is 1.84. The van der Waals surface area contributed by atoms with Crippen LogP contribution in [0.3, 0.4) is 0 Å². The first-order valence-electron chi connectivity index (χ1n) is 7.02. The molecule has 3 heterocycles. The maximum absolute atomic E-state index is 12.7. The van der Waals surface area contributed by atoms with Crippen LogP contribution in [0.2, 0.25) is 0 Å². The van der Waals surface area contributed by atoms with Crippen LogP contribution in [-0.2, 0) is 16.6 Å². The summed E-state index contributed by atoms with van der Waals surface area (Å²) in [5, 5.41) is 1.84. The molecular formula is C13H21N3O2S2. The molecule has 0 aliphatic carbocycles. The lowest BCUT2D eigenvalue weighted by molar-refractivity contribution is 0.247. The van der Waals surface area contributed by atoms with Gasteiger partial charge in [-0.25, -0.2) is 8.42 Å². The first-order chi connectivity index (χ1) is 9.52. The number of hydrogen-bond acceptors (Lipinski definition) is 5. The van der Waals surface area contributed by atoms with Crippen molar-refractivity contribution in [1.82, 2.24) is 9.21 Å². The number of nitrogens with two attached hydrogens (primary N) is 1. The second kappa shape index (κ2) is 5.38. The van der Waals surface area contributed by atoms with E-state index in [9.17, 15) is 8.42 Å². The van der Waals surface area contributed by atoms with Crippen LogP contribution in [0.1, 0.15) is 24.8 Å². The molecule has 2 bridgehead atoms. The average molecular weight is 315 g/mol. The molecule has 2 aliphatic heterocycles. The minimum Gasteiger partial charge on any atom is -0.326 e. The third-order valence-corrected chi connectivity index (χ3v) is 7.90. The minimum absolute atomic E-state index is 0.367. The van der Waals surface area contributed by atoms with E-state index in [0.717, 1.165) is 18.4 Å². The van der Waals surface area contributed by atoms with Crippen LogP contribution >= 0.6 is 11.3 Å². The first kappa shape index (κ1) is 14.5. The molecule has 2 atom stereocenters.